The quantitative estimate of drug-likeness (QED) is 0.572. The van der Waals surface area contributed by atoms with Gasteiger partial charge in [-0.25, -0.2) is 4.79 Å². The number of nitrogens with one attached hydrogen (secondary N) is 1. The van der Waals surface area contributed by atoms with Gasteiger partial charge in [0, 0.05) is 17.1 Å². The van der Waals surface area contributed by atoms with Crippen molar-refractivity contribution < 1.29 is 14.6 Å². The number of aromatic hydroxyl groups is 1. The van der Waals surface area contributed by atoms with E-state index in [9.17, 15) is 9.90 Å². The van der Waals surface area contributed by atoms with E-state index in [0.717, 1.165) is 16.5 Å². The molecule has 0 unspecified atom stereocenters. The highest BCUT2D eigenvalue weighted by molar-refractivity contribution is 6.03. The number of aliphatic imine (C=N–C) groups is 1. The van der Waals surface area contributed by atoms with Crippen LogP contribution in [-0.2, 0) is 4.74 Å². The number of hydrogen-bond donors (Lipinski definition) is 2. The summed E-state index contributed by atoms with van der Waals surface area (Å²) in [5.74, 6) is -0.342. The number of aromatic amines is 1. The summed E-state index contributed by atoms with van der Waals surface area (Å²) in [4.78, 5) is 18.8. The molecule has 0 bridgehead atoms. The SMILES string of the molecule is COC(=O)c1cccc(N=Cc2c(O)[nH]c3ccc(C)cc23)c1. The molecule has 5 nitrogen and oxygen atoms in total. The summed E-state index contributed by atoms with van der Waals surface area (Å²) in [6.07, 6.45) is 1.59. The molecule has 0 aliphatic rings. The lowest BCUT2D eigenvalue weighted by atomic mass is 10.1. The zero-order chi connectivity index (χ0) is 16.4. The summed E-state index contributed by atoms with van der Waals surface area (Å²) >= 11 is 0. The van der Waals surface area contributed by atoms with E-state index in [1.54, 1.807) is 30.5 Å². The Hall–Kier alpha value is -3.08. The molecule has 3 rings (SSSR count). The van der Waals surface area contributed by atoms with Gasteiger partial charge in [0.1, 0.15) is 0 Å². The fourth-order valence-corrected chi connectivity index (χ4v) is 2.41. The van der Waals surface area contributed by atoms with Crippen LogP contribution < -0.4 is 0 Å². The third-order valence-corrected chi connectivity index (χ3v) is 3.58. The molecule has 0 spiro atoms. The molecule has 0 aliphatic heterocycles. The van der Waals surface area contributed by atoms with Gasteiger partial charge in [-0.1, -0.05) is 17.7 Å². The number of esters is 1. The van der Waals surface area contributed by atoms with E-state index in [1.807, 2.05) is 25.1 Å². The molecule has 0 saturated heterocycles. The van der Waals surface area contributed by atoms with Crippen LogP contribution in [0.3, 0.4) is 0 Å². The second-order valence-corrected chi connectivity index (χ2v) is 5.24. The lowest BCUT2D eigenvalue weighted by Gasteiger charge is -2.00. The number of carbonyl (C=O) groups excluding carboxylic acids is 1. The number of aromatic nitrogens is 1. The number of carbonyl (C=O) groups is 1. The van der Waals surface area contributed by atoms with Gasteiger partial charge in [-0.3, -0.25) is 4.99 Å². The third kappa shape index (κ3) is 2.94. The zero-order valence-corrected chi connectivity index (χ0v) is 12.8. The van der Waals surface area contributed by atoms with Crippen molar-refractivity contribution in [2.75, 3.05) is 7.11 Å². The van der Waals surface area contributed by atoms with Crippen LogP contribution in [0, 0.1) is 6.92 Å². The second-order valence-electron chi connectivity index (χ2n) is 5.24. The van der Waals surface area contributed by atoms with Gasteiger partial charge in [-0.05, 0) is 37.3 Å². The molecule has 116 valence electrons. The highest BCUT2D eigenvalue weighted by Gasteiger charge is 2.09. The van der Waals surface area contributed by atoms with Gasteiger partial charge in [-0.2, -0.15) is 0 Å². The van der Waals surface area contributed by atoms with Crippen molar-refractivity contribution in [1.29, 1.82) is 0 Å². The lowest BCUT2D eigenvalue weighted by Crippen LogP contribution is -1.99. The first kappa shape index (κ1) is 14.8. The van der Waals surface area contributed by atoms with E-state index in [0.29, 0.717) is 16.8 Å². The van der Waals surface area contributed by atoms with Crippen molar-refractivity contribution >= 4 is 28.8 Å². The summed E-state index contributed by atoms with van der Waals surface area (Å²) in [5.41, 5.74) is 3.60. The first-order chi connectivity index (χ1) is 11.1. The predicted molar refractivity (Wildman–Crippen MR) is 89.7 cm³/mol. The van der Waals surface area contributed by atoms with Gasteiger partial charge in [-0.15, -0.1) is 0 Å². The van der Waals surface area contributed by atoms with Crippen molar-refractivity contribution in [1.82, 2.24) is 4.98 Å². The number of methoxy groups -OCH3 is 1. The molecule has 1 aromatic heterocycles. The largest absolute Gasteiger partial charge is 0.494 e. The van der Waals surface area contributed by atoms with Gasteiger partial charge < -0.3 is 14.8 Å². The summed E-state index contributed by atoms with van der Waals surface area (Å²) in [6.45, 7) is 1.99. The monoisotopic (exact) mass is 308 g/mol. The number of rotatable bonds is 3. The van der Waals surface area contributed by atoms with Gasteiger partial charge in [0.15, 0.2) is 5.88 Å². The average molecular weight is 308 g/mol. The lowest BCUT2D eigenvalue weighted by molar-refractivity contribution is 0.0601. The Kier molecular flexibility index (Phi) is 3.85. The van der Waals surface area contributed by atoms with Gasteiger partial charge in [0.05, 0.1) is 23.9 Å². The minimum atomic E-state index is -0.410. The van der Waals surface area contributed by atoms with Gasteiger partial charge in [0.2, 0.25) is 0 Å². The van der Waals surface area contributed by atoms with Gasteiger partial charge >= 0.3 is 5.97 Å². The molecule has 2 aromatic carbocycles. The van der Waals surface area contributed by atoms with Crippen molar-refractivity contribution in [3.63, 3.8) is 0 Å². The summed E-state index contributed by atoms with van der Waals surface area (Å²) in [6, 6.07) is 12.7. The molecule has 3 aromatic rings. The number of ether oxygens (including phenoxy) is 1. The van der Waals surface area contributed by atoms with E-state index < -0.39 is 5.97 Å². The van der Waals surface area contributed by atoms with Crippen LogP contribution in [0.1, 0.15) is 21.5 Å². The van der Waals surface area contributed by atoms with Crippen LogP contribution >= 0.6 is 0 Å². The predicted octanol–water partition coefficient (Wildman–Crippen LogP) is 3.72. The summed E-state index contributed by atoms with van der Waals surface area (Å²) in [5, 5.41) is 11.0. The normalized spacial score (nSPS) is 11.2. The molecule has 0 fully saturated rings. The molecule has 2 N–H and O–H groups in total. The van der Waals surface area contributed by atoms with E-state index in [4.69, 9.17) is 4.74 Å². The zero-order valence-electron chi connectivity index (χ0n) is 12.8. The highest BCUT2D eigenvalue weighted by Crippen LogP contribution is 2.27. The Morgan fingerprint density at radius 1 is 1.26 bits per heavy atom. The van der Waals surface area contributed by atoms with Crippen molar-refractivity contribution in [3.8, 4) is 5.88 Å². The first-order valence-corrected chi connectivity index (χ1v) is 7.12. The van der Waals surface area contributed by atoms with Crippen LogP contribution in [0.5, 0.6) is 5.88 Å². The standard InChI is InChI=1S/C18H16N2O3/c1-11-6-7-16-14(8-11)15(17(21)20-16)10-19-13-5-3-4-12(9-13)18(22)23-2/h3-10,20-21H,1-2H3. The number of fused-ring (bicyclic) bond motifs is 1. The maximum atomic E-state index is 11.5. The van der Waals surface area contributed by atoms with E-state index in [1.165, 1.54) is 7.11 Å². The number of hydrogen-bond acceptors (Lipinski definition) is 4. The number of H-pyrrole nitrogens is 1. The van der Waals surface area contributed by atoms with Crippen LogP contribution in [0.4, 0.5) is 5.69 Å². The molecule has 23 heavy (non-hydrogen) atoms. The Morgan fingerprint density at radius 2 is 2.09 bits per heavy atom. The smallest absolute Gasteiger partial charge is 0.337 e. The Labute approximate surface area is 133 Å². The topological polar surface area (TPSA) is 74.7 Å². The number of aryl methyl sites for hydroxylation is 1. The minimum Gasteiger partial charge on any atom is -0.494 e. The molecular formula is C18H16N2O3. The Balaban J connectivity index is 1.99. The fraction of sp³-hybridized carbons (Fsp3) is 0.111. The van der Waals surface area contributed by atoms with Crippen LogP contribution in [0.15, 0.2) is 47.5 Å². The van der Waals surface area contributed by atoms with E-state index >= 15 is 0 Å². The van der Waals surface area contributed by atoms with Crippen molar-refractivity contribution in [2.45, 2.75) is 6.92 Å². The van der Waals surface area contributed by atoms with Crippen molar-refractivity contribution in [3.05, 3.63) is 59.2 Å². The molecule has 1 heterocycles. The Bertz CT molecular complexity index is 910. The second kappa shape index (κ2) is 5.96. The minimum absolute atomic E-state index is 0.0680. The maximum Gasteiger partial charge on any atom is 0.337 e. The van der Waals surface area contributed by atoms with Crippen LogP contribution in [-0.4, -0.2) is 29.4 Å². The van der Waals surface area contributed by atoms with Crippen LogP contribution in [0.2, 0.25) is 0 Å². The van der Waals surface area contributed by atoms with Crippen LogP contribution in [0.25, 0.3) is 10.9 Å². The molecule has 0 atom stereocenters. The number of nitrogens with zero attached hydrogens (tertiary/aromatic N) is 1. The van der Waals surface area contributed by atoms with E-state index in [2.05, 4.69) is 9.98 Å². The molecule has 5 heteroatoms. The fourth-order valence-electron chi connectivity index (χ4n) is 2.41. The summed E-state index contributed by atoms with van der Waals surface area (Å²) < 4.78 is 4.70. The average Bonchev–Trinajstić information content (AvgIpc) is 2.87. The van der Waals surface area contributed by atoms with Crippen molar-refractivity contribution in [2.24, 2.45) is 4.99 Å². The van der Waals surface area contributed by atoms with E-state index in [-0.39, 0.29) is 5.88 Å². The molecule has 0 radical (unpaired) electrons. The Morgan fingerprint density at radius 3 is 2.87 bits per heavy atom. The first-order valence-electron chi connectivity index (χ1n) is 7.12. The molecular weight excluding hydrogens is 292 g/mol. The highest BCUT2D eigenvalue weighted by atomic mass is 16.5. The maximum absolute atomic E-state index is 11.5. The third-order valence-electron chi connectivity index (χ3n) is 3.58. The molecule has 0 amide bonds. The van der Waals surface area contributed by atoms with Gasteiger partial charge in [0.25, 0.3) is 0 Å². The molecule has 0 aliphatic carbocycles. The summed E-state index contributed by atoms with van der Waals surface area (Å²) in [7, 11) is 1.34. The molecule has 0 saturated carbocycles. The number of benzene rings is 2.